The van der Waals surface area contributed by atoms with Crippen LogP contribution in [-0.2, 0) is 0 Å². The molecule has 0 N–H and O–H groups in total. The van der Waals surface area contributed by atoms with E-state index in [0.29, 0.717) is 17.9 Å². The van der Waals surface area contributed by atoms with Crippen LogP contribution in [0.25, 0.3) is 0 Å². The third-order valence-corrected chi connectivity index (χ3v) is 3.40. The highest BCUT2D eigenvalue weighted by Crippen LogP contribution is 2.36. The predicted molar refractivity (Wildman–Crippen MR) is 70.1 cm³/mol. The van der Waals surface area contributed by atoms with E-state index in [1.54, 1.807) is 19.2 Å². The van der Waals surface area contributed by atoms with Crippen molar-refractivity contribution in [3.05, 3.63) is 29.3 Å². The molecule has 0 heterocycles. The standard InChI is InChI=1S/C15H18N2O/c1-4-11(2)13(7-8-16)14-9-12(10-17)5-6-15(14)18-3/h5-6,9,11,13H,4,7H2,1-3H3. The predicted octanol–water partition coefficient (Wildman–Crippen LogP) is 3.61. The van der Waals surface area contributed by atoms with Gasteiger partial charge >= 0.3 is 0 Å². The molecule has 0 amide bonds. The van der Waals surface area contributed by atoms with Gasteiger partial charge in [-0.15, -0.1) is 0 Å². The first-order chi connectivity index (χ1) is 8.67. The molecule has 0 aromatic heterocycles. The number of nitriles is 2. The van der Waals surface area contributed by atoms with Gasteiger partial charge in [0.25, 0.3) is 0 Å². The molecule has 0 spiro atoms. The molecule has 3 nitrogen and oxygen atoms in total. The fourth-order valence-electron chi connectivity index (χ4n) is 2.09. The highest BCUT2D eigenvalue weighted by Gasteiger charge is 2.21. The van der Waals surface area contributed by atoms with Gasteiger partial charge in [0, 0.05) is 12.3 Å². The molecule has 2 unspecified atom stereocenters. The van der Waals surface area contributed by atoms with Crippen LogP contribution in [0.2, 0.25) is 0 Å². The molecule has 1 aromatic rings. The Morgan fingerprint density at radius 2 is 2.06 bits per heavy atom. The van der Waals surface area contributed by atoms with Crippen LogP contribution < -0.4 is 4.74 Å². The third kappa shape index (κ3) is 3.02. The summed E-state index contributed by atoms with van der Waals surface area (Å²) in [5, 5.41) is 18.0. The Morgan fingerprint density at radius 1 is 1.33 bits per heavy atom. The molecule has 1 aromatic carbocycles. The lowest BCUT2D eigenvalue weighted by atomic mass is 9.82. The quantitative estimate of drug-likeness (QED) is 0.792. The molecule has 2 atom stereocenters. The van der Waals surface area contributed by atoms with E-state index in [1.807, 2.05) is 6.07 Å². The number of benzene rings is 1. The monoisotopic (exact) mass is 242 g/mol. The van der Waals surface area contributed by atoms with Gasteiger partial charge in [0.05, 0.1) is 24.8 Å². The summed E-state index contributed by atoms with van der Waals surface area (Å²) in [5.41, 5.74) is 1.57. The summed E-state index contributed by atoms with van der Waals surface area (Å²) < 4.78 is 5.35. The Balaban J connectivity index is 3.25. The lowest BCUT2D eigenvalue weighted by Crippen LogP contribution is -2.10. The molecule has 0 aliphatic rings. The first-order valence-corrected chi connectivity index (χ1v) is 6.12. The Hall–Kier alpha value is -2.00. The largest absolute Gasteiger partial charge is 0.496 e. The normalized spacial score (nSPS) is 13.2. The lowest BCUT2D eigenvalue weighted by Gasteiger charge is -2.23. The molecule has 0 saturated heterocycles. The van der Waals surface area contributed by atoms with E-state index >= 15 is 0 Å². The number of hydrogen-bond acceptors (Lipinski definition) is 3. The molecule has 3 heteroatoms. The van der Waals surface area contributed by atoms with Crippen LogP contribution in [0.5, 0.6) is 5.75 Å². The Bertz CT molecular complexity index is 482. The zero-order valence-electron chi connectivity index (χ0n) is 11.1. The molecule has 1 rings (SSSR count). The van der Waals surface area contributed by atoms with Crippen LogP contribution >= 0.6 is 0 Å². The molecule has 0 fully saturated rings. The van der Waals surface area contributed by atoms with Crippen LogP contribution in [0.3, 0.4) is 0 Å². The van der Waals surface area contributed by atoms with Gasteiger partial charge in [0.15, 0.2) is 0 Å². The van der Waals surface area contributed by atoms with Crippen molar-refractivity contribution in [3.63, 3.8) is 0 Å². The van der Waals surface area contributed by atoms with E-state index in [2.05, 4.69) is 26.0 Å². The topological polar surface area (TPSA) is 56.8 Å². The van der Waals surface area contributed by atoms with E-state index < -0.39 is 0 Å². The average molecular weight is 242 g/mol. The van der Waals surface area contributed by atoms with E-state index in [4.69, 9.17) is 15.3 Å². The van der Waals surface area contributed by atoms with Gasteiger partial charge in [-0.2, -0.15) is 10.5 Å². The van der Waals surface area contributed by atoms with Gasteiger partial charge in [0.2, 0.25) is 0 Å². The van der Waals surface area contributed by atoms with Gasteiger partial charge in [-0.25, -0.2) is 0 Å². The van der Waals surface area contributed by atoms with Crippen molar-refractivity contribution in [2.45, 2.75) is 32.6 Å². The van der Waals surface area contributed by atoms with Gasteiger partial charge in [-0.1, -0.05) is 20.3 Å². The summed E-state index contributed by atoms with van der Waals surface area (Å²) >= 11 is 0. The van der Waals surface area contributed by atoms with Crippen molar-refractivity contribution in [2.24, 2.45) is 5.92 Å². The fourth-order valence-corrected chi connectivity index (χ4v) is 2.09. The molecule has 0 aliphatic carbocycles. The smallest absolute Gasteiger partial charge is 0.122 e. The molecular weight excluding hydrogens is 224 g/mol. The zero-order valence-corrected chi connectivity index (χ0v) is 11.1. The number of methoxy groups -OCH3 is 1. The maximum atomic E-state index is 8.98. The second-order valence-electron chi connectivity index (χ2n) is 4.42. The highest BCUT2D eigenvalue weighted by atomic mass is 16.5. The summed E-state index contributed by atoms with van der Waals surface area (Å²) in [6, 6.07) is 9.75. The fraction of sp³-hybridized carbons (Fsp3) is 0.467. The van der Waals surface area contributed by atoms with Crippen LogP contribution in [-0.4, -0.2) is 7.11 Å². The molecule has 0 saturated carbocycles. The maximum Gasteiger partial charge on any atom is 0.122 e. The molecular formula is C15H18N2O. The Morgan fingerprint density at radius 3 is 2.56 bits per heavy atom. The summed E-state index contributed by atoms with van der Waals surface area (Å²) in [6.07, 6.45) is 1.44. The van der Waals surface area contributed by atoms with E-state index in [-0.39, 0.29) is 5.92 Å². The van der Waals surface area contributed by atoms with E-state index in [9.17, 15) is 0 Å². The number of ether oxygens (including phenoxy) is 1. The first-order valence-electron chi connectivity index (χ1n) is 6.12. The molecule has 0 aliphatic heterocycles. The van der Waals surface area contributed by atoms with Crippen LogP contribution in [0.1, 0.15) is 43.7 Å². The number of nitrogens with zero attached hydrogens (tertiary/aromatic N) is 2. The van der Waals surface area contributed by atoms with Crippen LogP contribution in [0.4, 0.5) is 0 Å². The maximum absolute atomic E-state index is 8.98. The van der Waals surface area contributed by atoms with E-state index in [1.165, 1.54) is 0 Å². The van der Waals surface area contributed by atoms with Crippen molar-refractivity contribution in [3.8, 4) is 17.9 Å². The minimum atomic E-state index is 0.114. The Labute approximate surface area is 109 Å². The van der Waals surface area contributed by atoms with Crippen LogP contribution in [0.15, 0.2) is 18.2 Å². The van der Waals surface area contributed by atoms with Crippen molar-refractivity contribution >= 4 is 0 Å². The number of hydrogen-bond donors (Lipinski definition) is 0. The van der Waals surface area contributed by atoms with Gasteiger partial charge in [-0.3, -0.25) is 0 Å². The SMILES string of the molecule is CCC(C)C(CC#N)c1cc(C#N)ccc1OC. The van der Waals surface area contributed by atoms with Crippen LogP contribution in [0, 0.1) is 28.6 Å². The molecule has 94 valence electrons. The van der Waals surface area contributed by atoms with Crippen molar-refractivity contribution in [2.75, 3.05) is 7.11 Å². The summed E-state index contributed by atoms with van der Waals surface area (Å²) in [7, 11) is 1.62. The second kappa shape index (κ2) is 6.67. The minimum absolute atomic E-state index is 0.114. The molecule has 18 heavy (non-hydrogen) atoms. The highest BCUT2D eigenvalue weighted by molar-refractivity contribution is 5.44. The van der Waals surface area contributed by atoms with Gasteiger partial charge in [0.1, 0.15) is 5.75 Å². The van der Waals surface area contributed by atoms with Crippen molar-refractivity contribution in [1.82, 2.24) is 0 Å². The summed E-state index contributed by atoms with van der Waals surface area (Å²) in [5.74, 6) is 1.25. The second-order valence-corrected chi connectivity index (χ2v) is 4.42. The van der Waals surface area contributed by atoms with E-state index in [0.717, 1.165) is 17.7 Å². The zero-order chi connectivity index (χ0) is 13.5. The summed E-state index contributed by atoms with van der Waals surface area (Å²) in [4.78, 5) is 0. The lowest BCUT2D eigenvalue weighted by molar-refractivity contribution is 0.386. The number of rotatable bonds is 5. The Kier molecular flexibility index (Phi) is 5.21. The average Bonchev–Trinajstić information content (AvgIpc) is 2.43. The third-order valence-electron chi connectivity index (χ3n) is 3.40. The summed E-state index contributed by atoms with van der Waals surface area (Å²) in [6.45, 7) is 4.23. The van der Waals surface area contributed by atoms with Gasteiger partial charge < -0.3 is 4.74 Å². The van der Waals surface area contributed by atoms with Crippen molar-refractivity contribution < 1.29 is 4.74 Å². The van der Waals surface area contributed by atoms with Gasteiger partial charge in [-0.05, 0) is 29.7 Å². The molecule has 0 radical (unpaired) electrons. The van der Waals surface area contributed by atoms with Crippen molar-refractivity contribution in [1.29, 1.82) is 10.5 Å². The first kappa shape index (κ1) is 14.1. The molecule has 0 bridgehead atoms. The minimum Gasteiger partial charge on any atom is -0.496 e.